The van der Waals surface area contributed by atoms with Crippen LogP contribution in [0.5, 0.6) is 0 Å². The van der Waals surface area contributed by atoms with Crippen molar-refractivity contribution in [1.82, 2.24) is 17.6 Å². The van der Waals surface area contributed by atoms with Gasteiger partial charge in [0.1, 0.15) is 0 Å². The fourth-order valence-electron chi connectivity index (χ4n) is 0.408. The lowest BCUT2D eigenvalue weighted by Crippen LogP contribution is -2.21. The van der Waals surface area contributed by atoms with Crippen LogP contribution in [0.25, 0.3) is 0 Å². The van der Waals surface area contributed by atoms with Gasteiger partial charge < -0.3 is 17.6 Å². The van der Waals surface area contributed by atoms with E-state index in [0.29, 0.717) is 6.04 Å². The number of nitrogens with one attached hydrogen (secondary N) is 1. The lowest BCUT2D eigenvalue weighted by Gasteiger charge is -2.00. The monoisotopic (exact) mass is 121 g/mol. The van der Waals surface area contributed by atoms with Crippen LogP contribution >= 0.6 is 0 Å². The maximum Gasteiger partial charge on any atom is 0.00102 e. The molecule has 0 heterocycles. The van der Waals surface area contributed by atoms with E-state index in [4.69, 9.17) is 0 Å². The van der Waals surface area contributed by atoms with Crippen molar-refractivity contribution in [3.63, 3.8) is 0 Å². The fraction of sp³-hybridized carbons (Fsp3) is 1.00. The predicted molar refractivity (Wildman–Crippen MR) is 38.9 cm³/mol. The molecule has 0 aromatic heterocycles. The van der Waals surface area contributed by atoms with E-state index in [-0.39, 0.29) is 12.3 Å². The molecule has 8 heavy (non-hydrogen) atoms. The van der Waals surface area contributed by atoms with Gasteiger partial charge in [0.05, 0.1) is 0 Å². The van der Waals surface area contributed by atoms with Gasteiger partial charge in [-0.3, -0.25) is 0 Å². The van der Waals surface area contributed by atoms with Crippen LogP contribution in [0.3, 0.4) is 0 Å². The molecule has 0 unspecified atom stereocenters. The highest BCUT2D eigenvalue weighted by atomic mass is 14.9. The third-order valence-corrected chi connectivity index (χ3v) is 0.612. The molecular weight excluding hydrogens is 102 g/mol. The van der Waals surface area contributed by atoms with Crippen LogP contribution in [0.2, 0.25) is 0 Å². The third kappa shape index (κ3) is 16.9. The van der Waals surface area contributed by atoms with Crippen molar-refractivity contribution in [3.8, 4) is 0 Å². The van der Waals surface area contributed by atoms with E-state index < -0.39 is 0 Å². The van der Waals surface area contributed by atoms with Gasteiger partial charge in [0.15, 0.2) is 0 Å². The number of rotatable bonds is 2. The molecule has 0 aliphatic carbocycles. The van der Waals surface area contributed by atoms with Crippen molar-refractivity contribution in [3.05, 3.63) is 0 Å². The van der Waals surface area contributed by atoms with Crippen molar-refractivity contribution in [2.24, 2.45) is 0 Å². The maximum absolute atomic E-state index is 3.21. The second-order valence-electron chi connectivity index (χ2n) is 1.71. The van der Waals surface area contributed by atoms with Crippen LogP contribution in [0.1, 0.15) is 20.8 Å². The highest BCUT2D eigenvalue weighted by molar-refractivity contribution is 4.46. The highest BCUT2D eigenvalue weighted by Gasteiger charge is 1.82. The van der Waals surface area contributed by atoms with E-state index in [1.807, 2.05) is 0 Å². The zero-order chi connectivity index (χ0) is 4.99. The first-order chi connectivity index (χ1) is 2.77. The maximum atomic E-state index is 3.21. The van der Waals surface area contributed by atoms with Crippen molar-refractivity contribution in [2.75, 3.05) is 6.54 Å². The van der Waals surface area contributed by atoms with Crippen molar-refractivity contribution in [2.45, 2.75) is 26.8 Å². The van der Waals surface area contributed by atoms with Crippen LogP contribution in [-0.2, 0) is 0 Å². The molecule has 0 rings (SSSR count). The molecule has 0 aliphatic rings. The van der Waals surface area contributed by atoms with Gasteiger partial charge >= 0.3 is 0 Å². The van der Waals surface area contributed by atoms with Crippen LogP contribution in [0.4, 0.5) is 0 Å². The molecule has 0 spiro atoms. The largest absolute Gasteiger partial charge is 0.344 e. The van der Waals surface area contributed by atoms with Gasteiger partial charge in [-0.25, -0.2) is 0 Å². The van der Waals surface area contributed by atoms with Gasteiger partial charge in [-0.1, -0.05) is 20.8 Å². The van der Waals surface area contributed by atoms with Gasteiger partial charge in [-0.2, -0.15) is 0 Å². The Labute approximate surface area is 52.0 Å². The predicted octanol–water partition coefficient (Wildman–Crippen LogP) is 1.33. The summed E-state index contributed by atoms with van der Waals surface area (Å²) in [5.74, 6) is 0. The molecule has 0 aromatic carbocycles. The fourth-order valence-corrected chi connectivity index (χ4v) is 0.408. The summed E-state index contributed by atoms with van der Waals surface area (Å²) in [5.41, 5.74) is 0. The molecule has 0 aliphatic heterocycles. The molecule has 0 fully saturated rings. The first-order valence-corrected chi connectivity index (χ1v) is 2.50. The quantitative estimate of drug-likeness (QED) is 0.515. The molecule has 0 saturated carbocycles. The SMILES string of the molecule is CCNC(C)C.N.N. The summed E-state index contributed by atoms with van der Waals surface area (Å²) in [4.78, 5) is 0. The first-order valence-electron chi connectivity index (χ1n) is 2.50. The molecule has 3 nitrogen and oxygen atoms in total. The summed E-state index contributed by atoms with van der Waals surface area (Å²) in [6, 6.07) is 0.648. The zero-order valence-corrected chi connectivity index (χ0v) is 6.20. The van der Waals surface area contributed by atoms with Gasteiger partial charge in [0.25, 0.3) is 0 Å². The van der Waals surface area contributed by atoms with Gasteiger partial charge in [-0.15, -0.1) is 0 Å². The molecule has 3 heteroatoms. The summed E-state index contributed by atoms with van der Waals surface area (Å²) in [7, 11) is 0. The number of hydrogen-bond acceptors (Lipinski definition) is 3. The first kappa shape index (κ1) is 15.7. The summed E-state index contributed by atoms with van der Waals surface area (Å²) < 4.78 is 0. The highest BCUT2D eigenvalue weighted by Crippen LogP contribution is 1.70. The lowest BCUT2D eigenvalue weighted by atomic mass is 10.4. The Bertz CT molecular complexity index is 28.9. The van der Waals surface area contributed by atoms with Crippen LogP contribution < -0.4 is 17.6 Å². The molecule has 0 amide bonds. The number of hydrogen-bond donors (Lipinski definition) is 3. The summed E-state index contributed by atoms with van der Waals surface area (Å²) >= 11 is 0. The molecule has 0 aromatic rings. The molecule has 0 atom stereocenters. The van der Waals surface area contributed by atoms with E-state index in [1.165, 1.54) is 0 Å². The van der Waals surface area contributed by atoms with E-state index >= 15 is 0 Å². The summed E-state index contributed by atoms with van der Waals surface area (Å²) in [6.45, 7) is 7.48. The van der Waals surface area contributed by atoms with E-state index in [1.54, 1.807) is 0 Å². The molecule has 7 N–H and O–H groups in total. The Morgan fingerprint density at radius 3 is 1.62 bits per heavy atom. The zero-order valence-electron chi connectivity index (χ0n) is 6.20. The molecular formula is C5H19N3. The minimum atomic E-state index is 0. The summed E-state index contributed by atoms with van der Waals surface area (Å²) in [5, 5.41) is 3.21. The third-order valence-electron chi connectivity index (χ3n) is 0.612. The Hall–Kier alpha value is -0.120. The average Bonchev–Trinajstić information content (AvgIpc) is 1.35. The minimum absolute atomic E-state index is 0. The second kappa shape index (κ2) is 9.99. The Kier molecular flexibility index (Phi) is 19.6. The van der Waals surface area contributed by atoms with Gasteiger partial charge in [0, 0.05) is 6.04 Å². The summed E-state index contributed by atoms with van der Waals surface area (Å²) in [6.07, 6.45) is 0. The van der Waals surface area contributed by atoms with Crippen molar-refractivity contribution in [1.29, 1.82) is 0 Å². The van der Waals surface area contributed by atoms with Crippen molar-refractivity contribution >= 4 is 0 Å². The van der Waals surface area contributed by atoms with Crippen LogP contribution in [0.15, 0.2) is 0 Å². The minimum Gasteiger partial charge on any atom is -0.344 e. The smallest absolute Gasteiger partial charge is 0.00102 e. The Morgan fingerprint density at radius 1 is 1.25 bits per heavy atom. The molecule has 0 saturated heterocycles. The average molecular weight is 121 g/mol. The van der Waals surface area contributed by atoms with E-state index in [2.05, 4.69) is 26.1 Å². The van der Waals surface area contributed by atoms with E-state index in [0.717, 1.165) is 6.54 Å². The van der Waals surface area contributed by atoms with Gasteiger partial charge in [0.2, 0.25) is 0 Å². The lowest BCUT2D eigenvalue weighted by molar-refractivity contribution is 0.613. The van der Waals surface area contributed by atoms with Gasteiger partial charge in [-0.05, 0) is 6.54 Å². The Morgan fingerprint density at radius 2 is 1.62 bits per heavy atom. The van der Waals surface area contributed by atoms with Crippen LogP contribution in [-0.4, -0.2) is 12.6 Å². The van der Waals surface area contributed by atoms with Crippen LogP contribution in [0, 0.1) is 0 Å². The Balaban J connectivity index is -0.000000125. The van der Waals surface area contributed by atoms with E-state index in [9.17, 15) is 0 Å². The molecule has 0 radical (unpaired) electrons. The standard InChI is InChI=1S/C5H13N.2H3N/c1-4-6-5(2)3;;/h5-6H,4H2,1-3H3;2*1H3. The second-order valence-corrected chi connectivity index (χ2v) is 1.71. The van der Waals surface area contributed by atoms with Crippen molar-refractivity contribution < 1.29 is 0 Å². The molecule has 0 bridgehead atoms. The molecule has 54 valence electrons. The normalized spacial score (nSPS) is 7.50. The topological polar surface area (TPSA) is 82.0 Å².